The van der Waals surface area contributed by atoms with Crippen LogP contribution in [0.25, 0.3) is 0 Å². The van der Waals surface area contributed by atoms with Crippen LogP contribution >= 0.6 is 22.6 Å². The summed E-state index contributed by atoms with van der Waals surface area (Å²) in [5.41, 5.74) is 0. The molecule has 0 N–H and O–H groups in total. The SMILES string of the molecule is CN(C)c1nccnc1I. The highest BCUT2D eigenvalue weighted by molar-refractivity contribution is 14.1. The number of anilines is 1. The van der Waals surface area contributed by atoms with E-state index in [1.165, 1.54) is 0 Å². The first-order valence-corrected chi connectivity index (χ1v) is 3.93. The topological polar surface area (TPSA) is 29.0 Å². The first-order valence-electron chi connectivity index (χ1n) is 2.85. The Kier molecular flexibility index (Phi) is 2.42. The maximum atomic E-state index is 4.13. The molecule has 0 spiro atoms. The Morgan fingerprint density at radius 2 is 1.90 bits per heavy atom. The zero-order chi connectivity index (χ0) is 7.56. The van der Waals surface area contributed by atoms with Crippen LogP contribution in [0.1, 0.15) is 0 Å². The summed E-state index contributed by atoms with van der Waals surface area (Å²) in [5.74, 6) is 0.920. The molecule has 3 nitrogen and oxygen atoms in total. The predicted molar refractivity (Wildman–Crippen MR) is 49.1 cm³/mol. The maximum absolute atomic E-state index is 4.13. The van der Waals surface area contributed by atoms with Gasteiger partial charge < -0.3 is 4.90 Å². The molecule has 1 aromatic rings. The van der Waals surface area contributed by atoms with Gasteiger partial charge in [0.15, 0.2) is 5.82 Å². The van der Waals surface area contributed by atoms with Crippen molar-refractivity contribution in [1.82, 2.24) is 9.97 Å². The van der Waals surface area contributed by atoms with E-state index in [1.54, 1.807) is 12.4 Å². The molecule has 0 unspecified atom stereocenters. The molecule has 0 bridgehead atoms. The van der Waals surface area contributed by atoms with Crippen LogP contribution < -0.4 is 4.90 Å². The van der Waals surface area contributed by atoms with Gasteiger partial charge in [-0.05, 0) is 22.6 Å². The van der Waals surface area contributed by atoms with E-state index < -0.39 is 0 Å². The number of hydrogen-bond donors (Lipinski definition) is 0. The molecule has 0 atom stereocenters. The summed E-state index contributed by atoms with van der Waals surface area (Å²) in [4.78, 5) is 10.2. The van der Waals surface area contributed by atoms with E-state index in [4.69, 9.17) is 0 Å². The van der Waals surface area contributed by atoms with Crippen molar-refractivity contribution >= 4 is 28.4 Å². The normalized spacial score (nSPS) is 9.50. The van der Waals surface area contributed by atoms with Gasteiger partial charge in [0.25, 0.3) is 0 Å². The van der Waals surface area contributed by atoms with Crippen LogP contribution in [-0.2, 0) is 0 Å². The molecule has 0 radical (unpaired) electrons. The molecule has 54 valence electrons. The average molecular weight is 249 g/mol. The van der Waals surface area contributed by atoms with Crippen molar-refractivity contribution in [2.24, 2.45) is 0 Å². The van der Waals surface area contributed by atoms with Gasteiger partial charge in [-0.2, -0.15) is 0 Å². The van der Waals surface area contributed by atoms with E-state index in [1.807, 2.05) is 19.0 Å². The summed E-state index contributed by atoms with van der Waals surface area (Å²) in [6.07, 6.45) is 3.38. The Balaban J connectivity index is 3.03. The van der Waals surface area contributed by atoms with Crippen molar-refractivity contribution in [3.8, 4) is 0 Å². The smallest absolute Gasteiger partial charge is 0.160 e. The lowest BCUT2D eigenvalue weighted by Gasteiger charge is -2.10. The fourth-order valence-corrected chi connectivity index (χ4v) is 1.40. The predicted octanol–water partition coefficient (Wildman–Crippen LogP) is 1.15. The first-order chi connectivity index (χ1) is 4.72. The fourth-order valence-electron chi connectivity index (χ4n) is 0.614. The van der Waals surface area contributed by atoms with E-state index in [2.05, 4.69) is 32.6 Å². The highest BCUT2D eigenvalue weighted by atomic mass is 127. The molecular formula is C6H8IN3. The Labute approximate surface area is 73.6 Å². The summed E-state index contributed by atoms with van der Waals surface area (Å²) in [6.45, 7) is 0. The summed E-state index contributed by atoms with van der Waals surface area (Å²) < 4.78 is 0.935. The van der Waals surface area contributed by atoms with Crippen LogP contribution in [-0.4, -0.2) is 24.1 Å². The minimum absolute atomic E-state index is 0.920. The van der Waals surface area contributed by atoms with Crippen molar-refractivity contribution in [3.05, 3.63) is 16.1 Å². The summed E-state index contributed by atoms with van der Waals surface area (Å²) in [6, 6.07) is 0. The average Bonchev–Trinajstić information content (AvgIpc) is 1.88. The number of halogens is 1. The Morgan fingerprint density at radius 3 is 2.30 bits per heavy atom. The molecule has 1 heterocycles. The van der Waals surface area contributed by atoms with E-state index in [-0.39, 0.29) is 0 Å². The van der Waals surface area contributed by atoms with Crippen molar-refractivity contribution in [2.45, 2.75) is 0 Å². The molecule has 0 aliphatic rings. The lowest BCUT2D eigenvalue weighted by atomic mass is 10.6. The third-order valence-corrected chi connectivity index (χ3v) is 1.82. The molecule has 0 saturated carbocycles. The van der Waals surface area contributed by atoms with E-state index in [0.29, 0.717) is 0 Å². The van der Waals surface area contributed by atoms with Crippen LogP contribution in [0.5, 0.6) is 0 Å². The van der Waals surface area contributed by atoms with E-state index >= 15 is 0 Å². The molecule has 1 aromatic heterocycles. The summed E-state index contributed by atoms with van der Waals surface area (Å²) in [7, 11) is 3.90. The van der Waals surface area contributed by atoms with E-state index in [0.717, 1.165) is 9.52 Å². The Hall–Kier alpha value is -0.390. The lowest BCUT2D eigenvalue weighted by molar-refractivity contribution is 1.02. The third-order valence-electron chi connectivity index (χ3n) is 1.06. The molecule has 0 aliphatic heterocycles. The van der Waals surface area contributed by atoms with Crippen LogP contribution in [0.2, 0.25) is 0 Å². The van der Waals surface area contributed by atoms with Crippen LogP contribution in [0.3, 0.4) is 0 Å². The highest BCUT2D eigenvalue weighted by Crippen LogP contribution is 2.12. The third kappa shape index (κ3) is 1.56. The standard InChI is InChI=1S/C6H8IN3/c1-10(2)6-5(7)8-3-4-9-6/h3-4H,1-2H3. The van der Waals surface area contributed by atoms with E-state index in [9.17, 15) is 0 Å². The van der Waals surface area contributed by atoms with Crippen LogP contribution in [0.4, 0.5) is 5.82 Å². The molecule has 0 fully saturated rings. The molecule has 10 heavy (non-hydrogen) atoms. The number of rotatable bonds is 1. The second-order valence-electron chi connectivity index (χ2n) is 2.07. The summed E-state index contributed by atoms with van der Waals surface area (Å²) >= 11 is 2.16. The zero-order valence-corrected chi connectivity index (χ0v) is 8.03. The van der Waals surface area contributed by atoms with Gasteiger partial charge in [-0.1, -0.05) is 0 Å². The number of aromatic nitrogens is 2. The minimum atomic E-state index is 0.920. The van der Waals surface area contributed by atoms with Crippen molar-refractivity contribution in [3.63, 3.8) is 0 Å². The lowest BCUT2D eigenvalue weighted by Crippen LogP contribution is -2.12. The maximum Gasteiger partial charge on any atom is 0.160 e. The van der Waals surface area contributed by atoms with Crippen molar-refractivity contribution < 1.29 is 0 Å². The van der Waals surface area contributed by atoms with Gasteiger partial charge in [0.05, 0.1) is 0 Å². The Morgan fingerprint density at radius 1 is 1.30 bits per heavy atom. The fraction of sp³-hybridized carbons (Fsp3) is 0.333. The van der Waals surface area contributed by atoms with Gasteiger partial charge in [0.2, 0.25) is 0 Å². The second kappa shape index (κ2) is 3.14. The highest BCUT2D eigenvalue weighted by Gasteiger charge is 2.00. The van der Waals surface area contributed by atoms with Crippen molar-refractivity contribution in [2.75, 3.05) is 19.0 Å². The van der Waals surface area contributed by atoms with Gasteiger partial charge >= 0.3 is 0 Å². The molecule has 0 aliphatic carbocycles. The number of hydrogen-bond acceptors (Lipinski definition) is 3. The van der Waals surface area contributed by atoms with Crippen LogP contribution in [0.15, 0.2) is 12.4 Å². The monoisotopic (exact) mass is 249 g/mol. The molecular weight excluding hydrogens is 241 g/mol. The summed E-state index contributed by atoms with van der Waals surface area (Å²) in [5, 5.41) is 0. The van der Waals surface area contributed by atoms with Gasteiger partial charge in [-0.25, -0.2) is 9.97 Å². The molecule has 0 saturated heterocycles. The van der Waals surface area contributed by atoms with Gasteiger partial charge in [0, 0.05) is 26.5 Å². The first kappa shape index (κ1) is 7.71. The number of nitrogens with zero attached hydrogens (tertiary/aromatic N) is 3. The largest absolute Gasteiger partial charge is 0.361 e. The van der Waals surface area contributed by atoms with Gasteiger partial charge in [-0.3, -0.25) is 0 Å². The molecule has 1 rings (SSSR count). The molecule has 4 heteroatoms. The Bertz CT molecular complexity index is 224. The zero-order valence-electron chi connectivity index (χ0n) is 5.87. The van der Waals surface area contributed by atoms with Crippen molar-refractivity contribution in [1.29, 1.82) is 0 Å². The molecule has 0 amide bonds. The second-order valence-corrected chi connectivity index (χ2v) is 3.09. The van der Waals surface area contributed by atoms with Gasteiger partial charge in [-0.15, -0.1) is 0 Å². The molecule has 0 aromatic carbocycles. The van der Waals surface area contributed by atoms with Gasteiger partial charge in [0.1, 0.15) is 3.70 Å². The van der Waals surface area contributed by atoms with Crippen LogP contribution in [0, 0.1) is 3.70 Å². The quantitative estimate of drug-likeness (QED) is 0.699. The minimum Gasteiger partial charge on any atom is -0.361 e.